The van der Waals surface area contributed by atoms with Gasteiger partial charge in [-0.2, -0.15) is 0 Å². The van der Waals surface area contributed by atoms with Gasteiger partial charge in [-0.3, -0.25) is 4.79 Å². The lowest BCUT2D eigenvalue weighted by atomic mass is 9.75. The second kappa shape index (κ2) is 8.56. The molecule has 10 heteroatoms. The predicted octanol–water partition coefficient (Wildman–Crippen LogP) is 5.05. The maximum atomic E-state index is 13.4. The van der Waals surface area contributed by atoms with Crippen LogP contribution in [-0.4, -0.2) is 22.7 Å². The van der Waals surface area contributed by atoms with Crippen LogP contribution in [0.5, 0.6) is 17.6 Å². The molecule has 0 bridgehead atoms. The number of allylic oxidation sites excluding steroid dienone is 2. The molecular formula is C21H16Cl2FN3O4. The Morgan fingerprint density at radius 3 is 2.61 bits per heavy atom. The van der Waals surface area contributed by atoms with Crippen molar-refractivity contribution in [1.29, 1.82) is 0 Å². The zero-order valence-electron chi connectivity index (χ0n) is 16.2. The fourth-order valence-electron chi connectivity index (χ4n) is 2.98. The molecule has 1 unspecified atom stereocenters. The van der Waals surface area contributed by atoms with Gasteiger partial charge in [-0.25, -0.2) is 4.39 Å². The quantitative estimate of drug-likeness (QED) is 0.527. The maximum absolute atomic E-state index is 13.4. The van der Waals surface area contributed by atoms with Gasteiger partial charge < -0.3 is 19.2 Å². The van der Waals surface area contributed by atoms with E-state index in [1.54, 1.807) is 24.3 Å². The topological polar surface area (TPSA) is 86.5 Å². The Bertz CT molecular complexity index is 1150. The van der Waals surface area contributed by atoms with Crippen LogP contribution in [-0.2, 0) is 10.2 Å². The van der Waals surface area contributed by atoms with E-state index in [0.29, 0.717) is 28.8 Å². The van der Waals surface area contributed by atoms with Gasteiger partial charge >= 0.3 is 6.08 Å². The van der Waals surface area contributed by atoms with Crippen LogP contribution in [0.2, 0.25) is 10.0 Å². The van der Waals surface area contributed by atoms with Crippen molar-refractivity contribution in [2.24, 2.45) is 0 Å². The molecule has 1 aliphatic carbocycles. The Morgan fingerprint density at radius 1 is 1.19 bits per heavy atom. The molecule has 7 nitrogen and oxygen atoms in total. The van der Waals surface area contributed by atoms with Crippen LogP contribution in [0.3, 0.4) is 0 Å². The highest BCUT2D eigenvalue weighted by Crippen LogP contribution is 2.40. The SMILES string of the molecule is CC1(c2nnc(Oc3ccc(Cl)cc3)o2)C=C(NC(=O)COc2ccc(Cl)c(F)c2)C1. The van der Waals surface area contributed by atoms with Gasteiger partial charge in [-0.1, -0.05) is 28.3 Å². The second-order valence-corrected chi connectivity index (χ2v) is 7.95. The van der Waals surface area contributed by atoms with Gasteiger partial charge in [-0.05, 0) is 49.4 Å². The number of carbonyl (C=O) groups excluding carboxylic acids is 1. The first kappa shape index (κ1) is 21.1. The number of hydrogen-bond donors (Lipinski definition) is 1. The Labute approximate surface area is 186 Å². The van der Waals surface area contributed by atoms with Crippen molar-refractivity contribution in [1.82, 2.24) is 15.5 Å². The predicted molar refractivity (Wildman–Crippen MR) is 111 cm³/mol. The maximum Gasteiger partial charge on any atom is 0.420 e. The van der Waals surface area contributed by atoms with Gasteiger partial charge in [0.1, 0.15) is 17.3 Å². The van der Waals surface area contributed by atoms with Crippen LogP contribution in [0.25, 0.3) is 0 Å². The van der Waals surface area contributed by atoms with E-state index in [0.717, 1.165) is 6.07 Å². The molecule has 1 atom stereocenters. The van der Waals surface area contributed by atoms with Crippen molar-refractivity contribution in [3.63, 3.8) is 0 Å². The molecule has 1 aliphatic rings. The number of rotatable bonds is 7. The van der Waals surface area contributed by atoms with E-state index in [-0.39, 0.29) is 29.4 Å². The van der Waals surface area contributed by atoms with Gasteiger partial charge in [0, 0.05) is 23.2 Å². The molecule has 0 radical (unpaired) electrons. The Kier molecular flexibility index (Phi) is 5.84. The molecule has 0 fully saturated rings. The first-order valence-electron chi connectivity index (χ1n) is 9.17. The van der Waals surface area contributed by atoms with Crippen molar-refractivity contribution in [3.05, 3.63) is 76.0 Å². The summed E-state index contributed by atoms with van der Waals surface area (Å²) in [6.45, 7) is 1.63. The number of nitrogens with one attached hydrogen (secondary N) is 1. The molecule has 0 spiro atoms. The minimum absolute atomic E-state index is 0.00743. The molecule has 1 N–H and O–H groups in total. The summed E-state index contributed by atoms with van der Waals surface area (Å²) >= 11 is 11.5. The molecule has 31 heavy (non-hydrogen) atoms. The molecular weight excluding hydrogens is 448 g/mol. The largest absolute Gasteiger partial charge is 0.484 e. The van der Waals surface area contributed by atoms with Gasteiger partial charge in [0.2, 0.25) is 5.89 Å². The van der Waals surface area contributed by atoms with Crippen LogP contribution in [0.4, 0.5) is 4.39 Å². The highest BCUT2D eigenvalue weighted by Gasteiger charge is 2.39. The highest BCUT2D eigenvalue weighted by molar-refractivity contribution is 6.30. The van der Waals surface area contributed by atoms with Crippen LogP contribution in [0.15, 0.2) is 58.7 Å². The second-order valence-electron chi connectivity index (χ2n) is 7.11. The molecule has 0 saturated carbocycles. The molecule has 1 amide bonds. The zero-order valence-corrected chi connectivity index (χ0v) is 17.7. The van der Waals surface area contributed by atoms with E-state index >= 15 is 0 Å². The first-order valence-corrected chi connectivity index (χ1v) is 9.93. The third-order valence-corrected chi connectivity index (χ3v) is 5.08. The number of aromatic nitrogens is 2. The first-order chi connectivity index (χ1) is 14.8. The number of benzene rings is 2. The van der Waals surface area contributed by atoms with E-state index in [1.165, 1.54) is 12.1 Å². The zero-order chi connectivity index (χ0) is 22.0. The van der Waals surface area contributed by atoms with Gasteiger partial charge in [-0.15, -0.1) is 5.10 Å². The summed E-state index contributed by atoms with van der Waals surface area (Å²) in [4.78, 5) is 12.1. The van der Waals surface area contributed by atoms with Crippen molar-refractivity contribution >= 4 is 29.1 Å². The third kappa shape index (κ3) is 4.98. The molecule has 1 aromatic heterocycles. The van der Waals surface area contributed by atoms with Crippen LogP contribution >= 0.6 is 23.2 Å². The number of halogens is 3. The number of carbonyl (C=O) groups is 1. The molecule has 1 heterocycles. The monoisotopic (exact) mass is 463 g/mol. The standard InChI is InChI=1S/C21H16Cl2FN3O4/c1-21(19-26-27-20(31-19)30-14-4-2-12(22)3-5-14)9-13(10-21)25-18(28)11-29-15-6-7-16(23)17(24)8-15/h2-9H,10-11H2,1H3,(H,25,28). The minimum atomic E-state index is -0.615. The van der Waals surface area contributed by atoms with Crippen molar-refractivity contribution in [2.45, 2.75) is 18.8 Å². The molecule has 160 valence electrons. The van der Waals surface area contributed by atoms with Gasteiger partial charge in [0.05, 0.1) is 10.4 Å². The normalized spacial score (nSPS) is 17.5. The van der Waals surface area contributed by atoms with Crippen LogP contribution < -0.4 is 14.8 Å². The lowest BCUT2D eigenvalue weighted by Gasteiger charge is -2.33. The number of amides is 1. The fraction of sp³-hybridized carbons (Fsp3) is 0.190. The highest BCUT2D eigenvalue weighted by atomic mass is 35.5. The van der Waals surface area contributed by atoms with Crippen molar-refractivity contribution in [3.8, 4) is 17.6 Å². The van der Waals surface area contributed by atoms with Crippen molar-refractivity contribution < 1.29 is 23.1 Å². The molecule has 4 rings (SSSR count). The average Bonchev–Trinajstić information content (AvgIpc) is 3.18. The summed E-state index contributed by atoms with van der Waals surface area (Å²) in [7, 11) is 0. The van der Waals surface area contributed by atoms with Crippen molar-refractivity contribution in [2.75, 3.05) is 6.61 Å². The Morgan fingerprint density at radius 2 is 1.90 bits per heavy atom. The van der Waals surface area contributed by atoms with Gasteiger partial charge in [0.15, 0.2) is 6.61 Å². The summed E-state index contributed by atoms with van der Waals surface area (Å²) in [5.41, 5.74) is 0.161. The van der Waals surface area contributed by atoms with E-state index in [1.807, 2.05) is 13.0 Å². The number of nitrogens with zero attached hydrogens (tertiary/aromatic N) is 2. The van der Waals surface area contributed by atoms with E-state index in [4.69, 9.17) is 37.1 Å². The lowest BCUT2D eigenvalue weighted by Crippen LogP contribution is -2.39. The Balaban J connectivity index is 1.31. The van der Waals surface area contributed by atoms with Crippen LogP contribution in [0, 0.1) is 5.82 Å². The summed E-state index contributed by atoms with van der Waals surface area (Å²) < 4.78 is 29.8. The number of ether oxygens (including phenoxy) is 2. The lowest BCUT2D eigenvalue weighted by molar-refractivity contribution is -0.122. The minimum Gasteiger partial charge on any atom is -0.484 e. The fourth-order valence-corrected chi connectivity index (χ4v) is 3.23. The van der Waals surface area contributed by atoms with E-state index in [2.05, 4.69) is 15.5 Å². The molecule has 0 aliphatic heterocycles. The third-order valence-electron chi connectivity index (χ3n) is 4.53. The van der Waals surface area contributed by atoms with E-state index < -0.39 is 11.2 Å². The molecule has 2 aromatic carbocycles. The average molecular weight is 464 g/mol. The smallest absolute Gasteiger partial charge is 0.420 e. The summed E-state index contributed by atoms with van der Waals surface area (Å²) in [6, 6.07) is 10.7. The van der Waals surface area contributed by atoms with Crippen LogP contribution in [0.1, 0.15) is 19.2 Å². The Hall–Kier alpha value is -3.10. The van der Waals surface area contributed by atoms with E-state index in [9.17, 15) is 9.18 Å². The molecule has 0 saturated heterocycles. The number of hydrogen-bond acceptors (Lipinski definition) is 6. The summed E-state index contributed by atoms with van der Waals surface area (Å²) in [6.07, 6.45) is 2.30. The molecule has 3 aromatic rings. The van der Waals surface area contributed by atoms with Gasteiger partial charge in [0.25, 0.3) is 5.91 Å². The summed E-state index contributed by atoms with van der Waals surface area (Å²) in [5, 5.41) is 11.2. The summed E-state index contributed by atoms with van der Waals surface area (Å²) in [5.74, 6) is 0.102.